The molecule has 0 aliphatic carbocycles. The second-order valence-corrected chi connectivity index (χ2v) is 5.06. The van der Waals surface area contributed by atoms with Gasteiger partial charge in [-0.15, -0.1) is 0 Å². The summed E-state index contributed by atoms with van der Waals surface area (Å²) in [4.78, 5) is 2.09. The lowest BCUT2D eigenvalue weighted by molar-refractivity contribution is 0.867. The van der Waals surface area contributed by atoms with E-state index in [4.69, 9.17) is 5.73 Å². The summed E-state index contributed by atoms with van der Waals surface area (Å²) in [6, 6.07) is 16.9. The van der Waals surface area contributed by atoms with Gasteiger partial charge in [-0.1, -0.05) is 43.3 Å². The lowest BCUT2D eigenvalue weighted by atomic mass is 9.97. The van der Waals surface area contributed by atoms with Crippen LogP contribution >= 0.6 is 0 Å². The minimum absolute atomic E-state index is 0.0530. The van der Waals surface area contributed by atoms with Crippen molar-refractivity contribution in [1.29, 1.82) is 0 Å². The van der Waals surface area contributed by atoms with Crippen molar-refractivity contribution in [3.05, 3.63) is 65.2 Å². The van der Waals surface area contributed by atoms with Crippen LogP contribution < -0.4 is 10.6 Å². The van der Waals surface area contributed by atoms with Crippen LogP contribution in [0.25, 0.3) is 0 Å². The van der Waals surface area contributed by atoms with Crippen LogP contribution in [0.15, 0.2) is 48.5 Å². The Hall–Kier alpha value is -1.80. The van der Waals surface area contributed by atoms with E-state index >= 15 is 0 Å². The fourth-order valence-corrected chi connectivity index (χ4v) is 2.18. The molecule has 2 rings (SSSR count). The van der Waals surface area contributed by atoms with Gasteiger partial charge in [-0.3, -0.25) is 0 Å². The summed E-state index contributed by atoms with van der Waals surface area (Å²) in [5.41, 5.74) is 11.2. The number of nitrogens with zero attached hydrogens (tertiary/aromatic N) is 1. The molecular weight excluding hydrogens is 232 g/mol. The SMILES string of the molecule is CCc1cccc(C(N)c2ccc(N(C)C)cc2)c1. The van der Waals surface area contributed by atoms with E-state index in [1.165, 1.54) is 16.8 Å². The predicted molar refractivity (Wildman–Crippen MR) is 82.6 cm³/mol. The fraction of sp³-hybridized carbons (Fsp3) is 0.294. The molecule has 0 saturated heterocycles. The zero-order chi connectivity index (χ0) is 13.8. The fourth-order valence-electron chi connectivity index (χ4n) is 2.18. The first kappa shape index (κ1) is 13.6. The van der Waals surface area contributed by atoms with Crippen LogP contribution in [-0.2, 0) is 6.42 Å². The monoisotopic (exact) mass is 254 g/mol. The molecule has 2 nitrogen and oxygen atoms in total. The molecule has 0 amide bonds. The van der Waals surface area contributed by atoms with Gasteiger partial charge in [0.25, 0.3) is 0 Å². The first-order chi connectivity index (χ1) is 9.11. The molecule has 19 heavy (non-hydrogen) atoms. The van der Waals surface area contributed by atoms with Gasteiger partial charge in [-0.2, -0.15) is 0 Å². The topological polar surface area (TPSA) is 29.3 Å². The van der Waals surface area contributed by atoms with Crippen LogP contribution in [0, 0.1) is 0 Å². The van der Waals surface area contributed by atoms with Crippen molar-refractivity contribution >= 4 is 5.69 Å². The summed E-state index contributed by atoms with van der Waals surface area (Å²) < 4.78 is 0. The van der Waals surface area contributed by atoms with Gasteiger partial charge in [0.1, 0.15) is 0 Å². The molecule has 0 aliphatic heterocycles. The van der Waals surface area contributed by atoms with Crippen LogP contribution in [-0.4, -0.2) is 14.1 Å². The van der Waals surface area contributed by atoms with Crippen molar-refractivity contribution in [1.82, 2.24) is 0 Å². The first-order valence-electron chi connectivity index (χ1n) is 6.73. The van der Waals surface area contributed by atoms with Crippen molar-refractivity contribution in [2.75, 3.05) is 19.0 Å². The summed E-state index contributed by atoms with van der Waals surface area (Å²) in [5.74, 6) is 0. The first-order valence-corrected chi connectivity index (χ1v) is 6.73. The number of rotatable bonds is 4. The Morgan fingerprint density at radius 3 is 2.26 bits per heavy atom. The van der Waals surface area contributed by atoms with Crippen LogP contribution in [0.3, 0.4) is 0 Å². The van der Waals surface area contributed by atoms with Crippen molar-refractivity contribution in [2.45, 2.75) is 19.4 Å². The Bertz CT molecular complexity index is 529. The van der Waals surface area contributed by atoms with Gasteiger partial charge in [-0.05, 0) is 35.2 Å². The molecule has 2 N–H and O–H groups in total. The van der Waals surface area contributed by atoms with E-state index in [9.17, 15) is 0 Å². The minimum atomic E-state index is -0.0530. The van der Waals surface area contributed by atoms with Crippen LogP contribution in [0.1, 0.15) is 29.7 Å². The second kappa shape index (κ2) is 5.89. The molecule has 0 bridgehead atoms. The standard InChI is InChI=1S/C17H22N2/c1-4-13-6-5-7-15(12-13)17(18)14-8-10-16(11-9-14)19(2)3/h5-12,17H,4,18H2,1-3H3. The summed E-state index contributed by atoms with van der Waals surface area (Å²) in [6.07, 6.45) is 1.04. The van der Waals surface area contributed by atoms with Crippen molar-refractivity contribution < 1.29 is 0 Å². The highest BCUT2D eigenvalue weighted by atomic mass is 15.1. The van der Waals surface area contributed by atoms with E-state index in [-0.39, 0.29) is 6.04 Å². The Labute approximate surface area is 115 Å². The Balaban J connectivity index is 2.25. The zero-order valence-corrected chi connectivity index (χ0v) is 11.9. The smallest absolute Gasteiger partial charge is 0.0551 e. The Kier molecular flexibility index (Phi) is 4.23. The minimum Gasteiger partial charge on any atom is -0.378 e. The molecule has 0 heterocycles. The molecular formula is C17H22N2. The van der Waals surface area contributed by atoms with Crippen molar-refractivity contribution in [3.63, 3.8) is 0 Å². The molecule has 1 unspecified atom stereocenters. The summed E-state index contributed by atoms with van der Waals surface area (Å²) in [5, 5.41) is 0. The molecule has 0 aliphatic rings. The van der Waals surface area contributed by atoms with E-state index in [0.717, 1.165) is 12.0 Å². The molecule has 100 valence electrons. The number of hydrogen-bond donors (Lipinski definition) is 1. The van der Waals surface area contributed by atoms with Gasteiger partial charge >= 0.3 is 0 Å². The van der Waals surface area contributed by atoms with Crippen LogP contribution in [0.4, 0.5) is 5.69 Å². The van der Waals surface area contributed by atoms with Crippen molar-refractivity contribution in [2.24, 2.45) is 5.73 Å². The molecule has 0 saturated carbocycles. The van der Waals surface area contributed by atoms with Crippen LogP contribution in [0.2, 0.25) is 0 Å². The summed E-state index contributed by atoms with van der Waals surface area (Å²) in [6.45, 7) is 2.16. The molecule has 0 spiro atoms. The quantitative estimate of drug-likeness (QED) is 0.906. The molecule has 2 aromatic rings. The Morgan fingerprint density at radius 1 is 1.00 bits per heavy atom. The summed E-state index contributed by atoms with van der Waals surface area (Å²) in [7, 11) is 4.08. The number of anilines is 1. The zero-order valence-electron chi connectivity index (χ0n) is 11.9. The third-order valence-corrected chi connectivity index (χ3v) is 3.49. The maximum Gasteiger partial charge on any atom is 0.0551 e. The average Bonchev–Trinajstić information content (AvgIpc) is 2.46. The second-order valence-electron chi connectivity index (χ2n) is 5.06. The number of benzene rings is 2. The normalized spacial score (nSPS) is 12.2. The molecule has 0 fully saturated rings. The lowest BCUT2D eigenvalue weighted by Crippen LogP contribution is -2.13. The highest BCUT2D eigenvalue weighted by molar-refractivity contribution is 5.47. The number of nitrogens with two attached hydrogens (primary N) is 1. The molecule has 2 heteroatoms. The third-order valence-electron chi connectivity index (χ3n) is 3.49. The highest BCUT2D eigenvalue weighted by Crippen LogP contribution is 2.22. The van der Waals surface area contributed by atoms with Crippen molar-refractivity contribution in [3.8, 4) is 0 Å². The van der Waals surface area contributed by atoms with E-state index in [2.05, 4.69) is 60.4 Å². The predicted octanol–water partition coefficient (Wildman–Crippen LogP) is 3.36. The van der Waals surface area contributed by atoms with Gasteiger partial charge in [0.05, 0.1) is 6.04 Å². The molecule has 0 aromatic heterocycles. The van der Waals surface area contributed by atoms with Gasteiger partial charge in [0.15, 0.2) is 0 Å². The van der Waals surface area contributed by atoms with Gasteiger partial charge in [0, 0.05) is 19.8 Å². The largest absolute Gasteiger partial charge is 0.378 e. The van der Waals surface area contributed by atoms with E-state index < -0.39 is 0 Å². The molecule has 2 aromatic carbocycles. The third kappa shape index (κ3) is 3.15. The maximum atomic E-state index is 6.35. The molecule has 0 radical (unpaired) electrons. The van der Waals surface area contributed by atoms with E-state index in [1.54, 1.807) is 0 Å². The number of aryl methyl sites for hydroxylation is 1. The molecule has 1 atom stereocenters. The highest BCUT2D eigenvalue weighted by Gasteiger charge is 2.09. The van der Waals surface area contributed by atoms with Gasteiger partial charge < -0.3 is 10.6 Å². The van der Waals surface area contributed by atoms with E-state index in [1.807, 2.05) is 14.1 Å². The Morgan fingerprint density at radius 2 is 1.68 bits per heavy atom. The summed E-state index contributed by atoms with van der Waals surface area (Å²) >= 11 is 0. The van der Waals surface area contributed by atoms with Gasteiger partial charge in [-0.25, -0.2) is 0 Å². The maximum absolute atomic E-state index is 6.35. The van der Waals surface area contributed by atoms with Gasteiger partial charge in [0.2, 0.25) is 0 Å². The average molecular weight is 254 g/mol. The van der Waals surface area contributed by atoms with E-state index in [0.29, 0.717) is 0 Å². The van der Waals surface area contributed by atoms with Crippen LogP contribution in [0.5, 0.6) is 0 Å². The number of hydrogen-bond acceptors (Lipinski definition) is 2. The lowest BCUT2D eigenvalue weighted by Gasteiger charge is -2.16.